The van der Waals surface area contributed by atoms with Crippen LogP contribution in [0.15, 0.2) is 18.3 Å². The quantitative estimate of drug-likeness (QED) is 0.857. The third kappa shape index (κ3) is 3.88. The van der Waals surface area contributed by atoms with Crippen LogP contribution in [0.3, 0.4) is 0 Å². The van der Waals surface area contributed by atoms with Crippen molar-refractivity contribution in [1.82, 2.24) is 9.88 Å². The first-order chi connectivity index (χ1) is 10.2. The van der Waals surface area contributed by atoms with Crippen LogP contribution < -0.4 is 4.74 Å². The molecule has 2 heterocycles. The minimum Gasteiger partial charge on any atom is -0.471 e. The Bertz CT molecular complexity index is 480. The van der Waals surface area contributed by atoms with Gasteiger partial charge in [-0.15, -0.1) is 0 Å². The highest BCUT2D eigenvalue weighted by atomic mass is 35.5. The van der Waals surface area contributed by atoms with E-state index < -0.39 is 0 Å². The molecule has 1 saturated heterocycles. The Morgan fingerprint density at radius 1 is 1.29 bits per heavy atom. The molecule has 2 fully saturated rings. The Morgan fingerprint density at radius 2 is 2.05 bits per heavy atom. The molecule has 0 aromatic carbocycles. The van der Waals surface area contributed by atoms with Gasteiger partial charge in [0.05, 0.1) is 18.1 Å². The Kier molecular flexibility index (Phi) is 4.63. The Hall–Kier alpha value is -1.29. The SMILES string of the molecule is O=C(CC1CCCCC1)N1CC(Oc2ccc(Cl)cn2)C1. The smallest absolute Gasteiger partial charge is 0.223 e. The third-order valence-corrected chi connectivity index (χ3v) is 4.60. The highest BCUT2D eigenvalue weighted by molar-refractivity contribution is 6.30. The minimum absolute atomic E-state index is 0.0639. The number of hydrogen-bond donors (Lipinski definition) is 0. The third-order valence-electron chi connectivity index (χ3n) is 4.38. The van der Waals surface area contributed by atoms with Crippen LogP contribution in [-0.4, -0.2) is 35.0 Å². The molecule has 5 heteroatoms. The van der Waals surface area contributed by atoms with Crippen LogP contribution in [0.25, 0.3) is 0 Å². The lowest BCUT2D eigenvalue weighted by atomic mass is 9.86. The Morgan fingerprint density at radius 3 is 2.71 bits per heavy atom. The molecule has 0 N–H and O–H groups in total. The number of amides is 1. The van der Waals surface area contributed by atoms with E-state index in [9.17, 15) is 4.79 Å². The maximum absolute atomic E-state index is 12.2. The van der Waals surface area contributed by atoms with E-state index in [1.54, 1.807) is 18.3 Å². The van der Waals surface area contributed by atoms with Gasteiger partial charge in [0.25, 0.3) is 0 Å². The van der Waals surface area contributed by atoms with Gasteiger partial charge in [0.2, 0.25) is 11.8 Å². The van der Waals surface area contributed by atoms with E-state index in [4.69, 9.17) is 16.3 Å². The van der Waals surface area contributed by atoms with Gasteiger partial charge in [0, 0.05) is 18.7 Å². The summed E-state index contributed by atoms with van der Waals surface area (Å²) in [6, 6.07) is 3.52. The van der Waals surface area contributed by atoms with Gasteiger partial charge in [-0.25, -0.2) is 4.98 Å². The number of carbonyl (C=O) groups is 1. The maximum atomic E-state index is 12.2. The number of rotatable bonds is 4. The summed E-state index contributed by atoms with van der Waals surface area (Å²) >= 11 is 5.78. The predicted molar refractivity (Wildman–Crippen MR) is 81.4 cm³/mol. The molecule has 0 unspecified atom stereocenters. The van der Waals surface area contributed by atoms with Gasteiger partial charge in [-0.05, 0) is 24.8 Å². The summed E-state index contributed by atoms with van der Waals surface area (Å²) in [6.07, 6.45) is 8.68. The largest absolute Gasteiger partial charge is 0.471 e. The van der Waals surface area contributed by atoms with Gasteiger partial charge in [0.1, 0.15) is 6.10 Å². The Labute approximate surface area is 130 Å². The van der Waals surface area contributed by atoms with Crippen LogP contribution in [0.2, 0.25) is 5.02 Å². The predicted octanol–water partition coefficient (Wildman–Crippen LogP) is 3.30. The molecule has 0 radical (unpaired) electrons. The van der Waals surface area contributed by atoms with Crippen molar-refractivity contribution in [3.63, 3.8) is 0 Å². The van der Waals surface area contributed by atoms with E-state index in [0.717, 1.165) is 0 Å². The van der Waals surface area contributed by atoms with Crippen LogP contribution in [0, 0.1) is 5.92 Å². The second kappa shape index (κ2) is 6.65. The lowest BCUT2D eigenvalue weighted by Gasteiger charge is -2.39. The molecular formula is C16H21ClN2O2. The molecule has 4 nitrogen and oxygen atoms in total. The maximum Gasteiger partial charge on any atom is 0.223 e. The molecule has 21 heavy (non-hydrogen) atoms. The lowest BCUT2D eigenvalue weighted by Crippen LogP contribution is -2.56. The molecular weight excluding hydrogens is 288 g/mol. The second-order valence-electron chi connectivity index (χ2n) is 6.06. The Balaban J connectivity index is 1.40. The number of nitrogens with zero attached hydrogens (tertiary/aromatic N) is 2. The van der Waals surface area contributed by atoms with Crippen molar-refractivity contribution in [3.8, 4) is 5.88 Å². The number of pyridine rings is 1. The summed E-state index contributed by atoms with van der Waals surface area (Å²) in [7, 11) is 0. The van der Waals surface area contributed by atoms with Gasteiger partial charge in [0.15, 0.2) is 0 Å². The molecule has 1 aromatic rings. The van der Waals surface area contributed by atoms with Crippen molar-refractivity contribution in [3.05, 3.63) is 23.4 Å². The van der Waals surface area contributed by atoms with E-state index in [1.165, 1.54) is 32.1 Å². The van der Waals surface area contributed by atoms with Crippen molar-refractivity contribution in [2.24, 2.45) is 5.92 Å². The first kappa shape index (κ1) is 14.6. The molecule has 0 bridgehead atoms. The van der Waals surface area contributed by atoms with Gasteiger partial charge < -0.3 is 9.64 Å². The molecule has 1 aromatic heterocycles. The minimum atomic E-state index is 0.0639. The first-order valence-electron chi connectivity index (χ1n) is 7.76. The number of ether oxygens (including phenoxy) is 1. The van der Waals surface area contributed by atoms with Gasteiger partial charge >= 0.3 is 0 Å². The topological polar surface area (TPSA) is 42.4 Å². The normalized spacial score (nSPS) is 20.1. The zero-order valence-corrected chi connectivity index (χ0v) is 12.9. The number of likely N-dealkylation sites (tertiary alicyclic amines) is 1. The molecule has 1 aliphatic carbocycles. The number of halogens is 1. The molecule has 1 saturated carbocycles. The highest BCUT2D eigenvalue weighted by Gasteiger charge is 2.33. The number of carbonyl (C=O) groups excluding carboxylic acids is 1. The van der Waals surface area contributed by atoms with E-state index >= 15 is 0 Å². The van der Waals surface area contributed by atoms with Crippen molar-refractivity contribution >= 4 is 17.5 Å². The molecule has 1 amide bonds. The average Bonchev–Trinajstić information content (AvgIpc) is 2.45. The van der Waals surface area contributed by atoms with Crippen molar-refractivity contribution in [2.45, 2.75) is 44.6 Å². The van der Waals surface area contributed by atoms with E-state index in [1.807, 2.05) is 4.90 Å². The summed E-state index contributed by atoms with van der Waals surface area (Å²) in [5.41, 5.74) is 0. The van der Waals surface area contributed by atoms with Crippen LogP contribution in [0.4, 0.5) is 0 Å². The fourth-order valence-corrected chi connectivity index (χ4v) is 3.20. The molecule has 3 rings (SSSR count). The molecule has 2 aliphatic rings. The van der Waals surface area contributed by atoms with Gasteiger partial charge in [-0.1, -0.05) is 30.9 Å². The van der Waals surface area contributed by atoms with Gasteiger partial charge in [-0.2, -0.15) is 0 Å². The standard InChI is InChI=1S/C16H21ClN2O2/c17-13-6-7-15(18-9-13)21-14-10-19(11-14)16(20)8-12-4-2-1-3-5-12/h6-7,9,12,14H,1-5,8,10-11H2. The van der Waals surface area contributed by atoms with E-state index in [2.05, 4.69) is 4.98 Å². The van der Waals surface area contributed by atoms with E-state index in [0.29, 0.717) is 36.3 Å². The first-order valence-corrected chi connectivity index (χ1v) is 8.14. The summed E-state index contributed by atoms with van der Waals surface area (Å²) in [5.74, 6) is 1.46. The number of aromatic nitrogens is 1. The van der Waals surface area contributed by atoms with Crippen molar-refractivity contribution in [2.75, 3.05) is 13.1 Å². The molecule has 1 aliphatic heterocycles. The van der Waals surface area contributed by atoms with Crippen LogP contribution >= 0.6 is 11.6 Å². The van der Waals surface area contributed by atoms with Crippen LogP contribution in [0.5, 0.6) is 5.88 Å². The molecule has 0 spiro atoms. The van der Waals surface area contributed by atoms with E-state index in [-0.39, 0.29) is 12.0 Å². The van der Waals surface area contributed by atoms with Crippen molar-refractivity contribution < 1.29 is 9.53 Å². The average molecular weight is 309 g/mol. The van der Waals surface area contributed by atoms with Crippen LogP contribution in [-0.2, 0) is 4.79 Å². The highest BCUT2D eigenvalue weighted by Crippen LogP contribution is 2.28. The fourth-order valence-electron chi connectivity index (χ4n) is 3.09. The van der Waals surface area contributed by atoms with Gasteiger partial charge in [-0.3, -0.25) is 4.79 Å². The second-order valence-corrected chi connectivity index (χ2v) is 6.50. The summed E-state index contributed by atoms with van der Waals surface area (Å²) < 4.78 is 5.71. The zero-order chi connectivity index (χ0) is 14.7. The summed E-state index contributed by atoms with van der Waals surface area (Å²) in [5, 5.41) is 0.597. The number of hydrogen-bond acceptors (Lipinski definition) is 3. The van der Waals surface area contributed by atoms with Crippen molar-refractivity contribution in [1.29, 1.82) is 0 Å². The monoisotopic (exact) mass is 308 g/mol. The molecule has 114 valence electrons. The molecule has 0 atom stereocenters. The summed E-state index contributed by atoms with van der Waals surface area (Å²) in [6.45, 7) is 1.35. The lowest BCUT2D eigenvalue weighted by molar-refractivity contribution is -0.141. The fraction of sp³-hybridized carbons (Fsp3) is 0.625. The zero-order valence-electron chi connectivity index (χ0n) is 12.1. The summed E-state index contributed by atoms with van der Waals surface area (Å²) in [4.78, 5) is 18.2. The van der Waals surface area contributed by atoms with Crippen LogP contribution in [0.1, 0.15) is 38.5 Å².